The first-order chi connectivity index (χ1) is 22.6. The monoisotopic (exact) mass is 700 g/mol. The number of rotatable bonds is 20. The summed E-state index contributed by atoms with van der Waals surface area (Å²) in [5.41, 5.74) is 4.68. The summed E-state index contributed by atoms with van der Waals surface area (Å²) >= 11 is 7.31. The molecule has 0 N–H and O–H groups in total. The first-order valence-electron chi connectivity index (χ1n) is 17.3. The van der Waals surface area contributed by atoms with Crippen LogP contribution in [-0.4, -0.2) is 26.4 Å². The van der Waals surface area contributed by atoms with E-state index in [9.17, 15) is 0 Å². The van der Waals surface area contributed by atoms with E-state index in [0.29, 0.717) is 0 Å². The van der Waals surface area contributed by atoms with Crippen molar-refractivity contribution < 1.29 is 18.9 Å². The van der Waals surface area contributed by atoms with E-state index in [1.165, 1.54) is 29.4 Å². The van der Waals surface area contributed by atoms with Crippen LogP contribution in [0.3, 0.4) is 0 Å². The van der Waals surface area contributed by atoms with Gasteiger partial charge < -0.3 is 18.9 Å². The fourth-order valence-electron chi connectivity index (χ4n) is 4.88. The summed E-state index contributed by atoms with van der Waals surface area (Å²) in [7, 11) is 0. The molecular formula is C38H52O4S4. The lowest BCUT2D eigenvalue weighted by atomic mass is 10.1. The van der Waals surface area contributed by atoms with Gasteiger partial charge in [0.1, 0.15) is 23.0 Å². The van der Waals surface area contributed by atoms with Crippen molar-refractivity contribution in [3.8, 4) is 23.0 Å². The number of thioether (sulfide) groups is 4. The van der Waals surface area contributed by atoms with Crippen LogP contribution in [-0.2, 0) is 12.8 Å². The second-order valence-electron chi connectivity index (χ2n) is 11.4. The van der Waals surface area contributed by atoms with Crippen LogP contribution in [0, 0.1) is 0 Å². The lowest BCUT2D eigenvalue weighted by Crippen LogP contribution is -2.04. The van der Waals surface area contributed by atoms with Gasteiger partial charge in [-0.3, -0.25) is 0 Å². The highest BCUT2D eigenvalue weighted by atomic mass is 32.2. The van der Waals surface area contributed by atoms with E-state index in [1.54, 1.807) is 0 Å². The number of ether oxygens (including phenoxy) is 4. The van der Waals surface area contributed by atoms with Gasteiger partial charge in [-0.2, -0.15) is 0 Å². The lowest BCUT2D eigenvalue weighted by Gasteiger charge is -2.18. The molecule has 0 saturated carbocycles. The molecule has 46 heavy (non-hydrogen) atoms. The van der Waals surface area contributed by atoms with Gasteiger partial charge in [0.15, 0.2) is 0 Å². The Balaban J connectivity index is 1.58. The van der Waals surface area contributed by atoms with Gasteiger partial charge in [0.2, 0.25) is 0 Å². The average Bonchev–Trinajstić information content (AvgIpc) is 3.76. The summed E-state index contributed by atoms with van der Waals surface area (Å²) in [6, 6.07) is 8.86. The fraction of sp³-hybridized carbons (Fsp3) is 0.526. The summed E-state index contributed by atoms with van der Waals surface area (Å²) in [6.45, 7) is 16.1. The van der Waals surface area contributed by atoms with Crippen LogP contribution in [0.4, 0.5) is 0 Å². The van der Waals surface area contributed by atoms with Crippen molar-refractivity contribution in [2.75, 3.05) is 26.4 Å². The molecule has 4 nitrogen and oxygen atoms in total. The Hall–Kier alpha value is -1.74. The highest BCUT2D eigenvalue weighted by molar-refractivity contribution is 8.36. The number of unbranched alkanes of at least 4 members (excludes halogenated alkanes) is 4. The molecule has 0 aliphatic carbocycles. The van der Waals surface area contributed by atoms with Gasteiger partial charge in [-0.1, -0.05) is 114 Å². The second kappa shape index (κ2) is 19.9. The maximum Gasteiger partial charge on any atom is 0.128 e. The quantitative estimate of drug-likeness (QED) is 0.126. The molecule has 2 aliphatic rings. The molecular weight excluding hydrogens is 649 g/mol. The number of hydrogen-bond donors (Lipinski definition) is 0. The summed E-state index contributed by atoms with van der Waals surface area (Å²) in [5, 5.41) is 4.56. The molecule has 0 unspecified atom stereocenters. The molecule has 2 aliphatic heterocycles. The van der Waals surface area contributed by atoms with Gasteiger partial charge in [-0.15, -0.1) is 0 Å². The fourth-order valence-corrected chi connectivity index (χ4v) is 9.82. The highest BCUT2D eigenvalue weighted by Crippen LogP contribution is 2.60. The van der Waals surface area contributed by atoms with E-state index in [1.807, 2.05) is 47.0 Å². The Bertz CT molecular complexity index is 1280. The number of benzene rings is 2. The van der Waals surface area contributed by atoms with Crippen molar-refractivity contribution in [3.05, 3.63) is 65.8 Å². The predicted octanol–water partition coefficient (Wildman–Crippen LogP) is 12.9. The Morgan fingerprint density at radius 2 is 0.804 bits per heavy atom. The minimum atomic E-state index is 0.727. The molecule has 0 saturated heterocycles. The topological polar surface area (TPSA) is 36.9 Å². The van der Waals surface area contributed by atoms with Gasteiger partial charge >= 0.3 is 0 Å². The van der Waals surface area contributed by atoms with Gasteiger partial charge in [-0.25, -0.2) is 0 Å². The normalized spacial score (nSPS) is 16.0. The maximum absolute atomic E-state index is 6.39. The molecule has 0 fully saturated rings. The van der Waals surface area contributed by atoms with E-state index < -0.39 is 0 Å². The summed E-state index contributed by atoms with van der Waals surface area (Å²) < 4.78 is 28.0. The van der Waals surface area contributed by atoms with Crippen LogP contribution in [0.1, 0.15) is 115 Å². The standard InChI is InChI=1S/C38H52O4S4/c1-7-13-17-39-31-23-29(33(21-27(31)11-5)41-19-15-9-3)35-25-43-37(45-35)38-44-26-36(46-38)30-24-32(40-18-14-8-2)28(12-6)22-34(30)42-20-16-10-4/h21-26H,7-20H2,1-6H3. The van der Waals surface area contributed by atoms with Crippen LogP contribution in [0.5, 0.6) is 23.0 Å². The molecule has 0 bridgehead atoms. The molecule has 0 amide bonds. The van der Waals surface area contributed by atoms with Gasteiger partial charge in [-0.05, 0) is 84.7 Å². The first kappa shape index (κ1) is 37.1. The molecule has 2 heterocycles. The third-order valence-corrected chi connectivity index (χ3v) is 13.1. The first-order valence-corrected chi connectivity index (χ1v) is 20.6. The largest absolute Gasteiger partial charge is 0.493 e. The van der Waals surface area contributed by atoms with E-state index in [-0.39, 0.29) is 0 Å². The van der Waals surface area contributed by atoms with Gasteiger partial charge in [0.25, 0.3) is 0 Å². The minimum Gasteiger partial charge on any atom is -0.493 e. The Labute approximate surface area is 295 Å². The van der Waals surface area contributed by atoms with Crippen molar-refractivity contribution in [1.29, 1.82) is 0 Å². The zero-order valence-corrected chi connectivity index (χ0v) is 31.9. The molecule has 0 radical (unpaired) electrons. The van der Waals surface area contributed by atoms with Crippen LogP contribution in [0.25, 0.3) is 9.81 Å². The molecule has 8 heteroatoms. The molecule has 4 rings (SSSR count). The van der Waals surface area contributed by atoms with E-state index >= 15 is 0 Å². The van der Waals surface area contributed by atoms with Crippen molar-refractivity contribution in [1.82, 2.24) is 0 Å². The molecule has 2 aromatic rings. The van der Waals surface area contributed by atoms with Crippen LogP contribution in [0.2, 0.25) is 0 Å². The van der Waals surface area contributed by atoms with Gasteiger partial charge in [0, 0.05) is 20.9 Å². The SMILES string of the molecule is CCCCOc1cc(C2=CSC(=C3SC=C(c4cc(OCCCC)c(CC)cc4OCCCC)S3)S2)c(OCCCC)cc1CC. The molecule has 0 aromatic heterocycles. The smallest absolute Gasteiger partial charge is 0.128 e. The Morgan fingerprint density at radius 1 is 0.457 bits per heavy atom. The molecule has 0 spiro atoms. The lowest BCUT2D eigenvalue weighted by molar-refractivity contribution is 0.298. The van der Waals surface area contributed by atoms with Crippen molar-refractivity contribution >= 4 is 56.9 Å². The zero-order valence-electron chi connectivity index (χ0n) is 28.6. The molecule has 252 valence electrons. The van der Waals surface area contributed by atoms with E-state index in [2.05, 4.69) is 76.6 Å². The Kier molecular flexibility index (Phi) is 16.1. The second-order valence-corrected chi connectivity index (χ2v) is 15.8. The van der Waals surface area contributed by atoms with Crippen molar-refractivity contribution in [2.24, 2.45) is 0 Å². The average molecular weight is 701 g/mol. The minimum absolute atomic E-state index is 0.727. The maximum atomic E-state index is 6.39. The highest BCUT2D eigenvalue weighted by Gasteiger charge is 2.27. The van der Waals surface area contributed by atoms with Crippen LogP contribution >= 0.6 is 47.0 Å². The third-order valence-electron chi connectivity index (χ3n) is 7.76. The molecule has 2 aromatic carbocycles. The number of hydrogen-bond acceptors (Lipinski definition) is 8. The zero-order chi connectivity index (χ0) is 32.7. The summed E-state index contributed by atoms with van der Waals surface area (Å²) in [5.74, 6) is 3.89. The summed E-state index contributed by atoms with van der Waals surface area (Å²) in [6.07, 6.45) is 10.5. The predicted molar refractivity (Wildman–Crippen MR) is 207 cm³/mol. The third kappa shape index (κ3) is 10.1. The summed E-state index contributed by atoms with van der Waals surface area (Å²) in [4.78, 5) is 2.44. The van der Waals surface area contributed by atoms with E-state index in [0.717, 1.165) is 125 Å². The Morgan fingerprint density at radius 3 is 1.13 bits per heavy atom. The van der Waals surface area contributed by atoms with E-state index in [4.69, 9.17) is 18.9 Å². The van der Waals surface area contributed by atoms with Crippen LogP contribution in [0.15, 0.2) is 43.6 Å². The van der Waals surface area contributed by atoms with Crippen molar-refractivity contribution in [3.63, 3.8) is 0 Å². The van der Waals surface area contributed by atoms with Crippen molar-refractivity contribution in [2.45, 2.75) is 106 Å². The van der Waals surface area contributed by atoms with Gasteiger partial charge in [0.05, 0.1) is 34.9 Å². The molecule has 0 atom stereocenters. The number of aryl methyl sites for hydroxylation is 2. The van der Waals surface area contributed by atoms with Crippen LogP contribution < -0.4 is 18.9 Å².